The third-order valence-electron chi connectivity index (χ3n) is 4.87. The van der Waals surface area contributed by atoms with E-state index in [1.807, 2.05) is 24.3 Å². The Balaban J connectivity index is 1.62. The van der Waals surface area contributed by atoms with Gasteiger partial charge in [-0.2, -0.15) is 5.10 Å². The summed E-state index contributed by atoms with van der Waals surface area (Å²) < 4.78 is 27.4. The number of rotatable bonds is 6. The molecule has 0 radical (unpaired) electrons. The number of para-hydroxylation sites is 1. The quantitative estimate of drug-likeness (QED) is 0.479. The lowest BCUT2D eigenvalue weighted by molar-refractivity contribution is 0.102. The van der Waals surface area contributed by atoms with Crippen molar-refractivity contribution < 1.29 is 18.7 Å². The van der Waals surface area contributed by atoms with E-state index in [-0.39, 0.29) is 11.7 Å². The van der Waals surface area contributed by atoms with E-state index < -0.39 is 0 Å². The van der Waals surface area contributed by atoms with Gasteiger partial charge in [0.15, 0.2) is 11.5 Å². The number of thiophene rings is 1. The van der Waals surface area contributed by atoms with Gasteiger partial charge < -0.3 is 14.8 Å². The predicted molar refractivity (Wildman–Crippen MR) is 115 cm³/mol. The summed E-state index contributed by atoms with van der Waals surface area (Å²) in [6.07, 6.45) is 1.61. The second-order valence-electron chi connectivity index (χ2n) is 6.65. The lowest BCUT2D eigenvalue weighted by atomic mass is 10.1. The Kier molecular flexibility index (Phi) is 5.41. The van der Waals surface area contributed by atoms with Gasteiger partial charge in [-0.25, -0.2) is 9.07 Å². The summed E-state index contributed by atoms with van der Waals surface area (Å²) in [7, 11) is 3.16. The van der Waals surface area contributed by atoms with Gasteiger partial charge in [0.2, 0.25) is 0 Å². The van der Waals surface area contributed by atoms with E-state index in [2.05, 4.69) is 10.4 Å². The van der Waals surface area contributed by atoms with Crippen molar-refractivity contribution in [3.63, 3.8) is 0 Å². The first kappa shape index (κ1) is 19.9. The van der Waals surface area contributed by atoms with Crippen LogP contribution in [0.25, 0.3) is 10.1 Å². The monoisotopic (exact) mass is 425 g/mol. The molecule has 4 aromatic rings. The van der Waals surface area contributed by atoms with E-state index in [9.17, 15) is 9.18 Å². The van der Waals surface area contributed by atoms with Crippen LogP contribution in [0.5, 0.6) is 11.5 Å². The van der Waals surface area contributed by atoms with Crippen LogP contribution in [-0.4, -0.2) is 29.9 Å². The lowest BCUT2D eigenvalue weighted by Crippen LogP contribution is -2.16. The number of methoxy groups -OCH3 is 2. The Morgan fingerprint density at radius 1 is 1.17 bits per heavy atom. The summed E-state index contributed by atoms with van der Waals surface area (Å²) in [5.74, 6) is 1.14. The number of amides is 1. The second kappa shape index (κ2) is 8.16. The van der Waals surface area contributed by atoms with Gasteiger partial charge in [0.05, 0.1) is 31.8 Å². The number of carbonyl (C=O) groups is 1. The fourth-order valence-corrected chi connectivity index (χ4v) is 4.57. The number of nitrogens with zero attached hydrogens (tertiary/aromatic N) is 2. The summed E-state index contributed by atoms with van der Waals surface area (Å²) in [6, 6.07) is 12.2. The van der Waals surface area contributed by atoms with Gasteiger partial charge in [0, 0.05) is 21.7 Å². The van der Waals surface area contributed by atoms with Gasteiger partial charge >= 0.3 is 0 Å². The number of aryl methyl sites for hydroxylation is 1. The van der Waals surface area contributed by atoms with Crippen LogP contribution in [0, 0.1) is 12.7 Å². The first-order valence-corrected chi connectivity index (χ1v) is 10.1. The molecule has 2 heterocycles. The van der Waals surface area contributed by atoms with Crippen molar-refractivity contribution in [3.05, 3.63) is 70.5 Å². The third-order valence-corrected chi connectivity index (χ3v) is 6.13. The SMILES string of the molecule is COc1cccc(Cn2nccc2NC(=O)c2sc3cccc(F)c3c2C)c1OC. The molecule has 154 valence electrons. The number of carbonyl (C=O) groups excluding carboxylic acids is 1. The first-order valence-electron chi connectivity index (χ1n) is 9.24. The van der Waals surface area contributed by atoms with E-state index in [1.165, 1.54) is 17.4 Å². The van der Waals surface area contributed by atoms with Crippen LogP contribution in [0.15, 0.2) is 48.7 Å². The Hall–Kier alpha value is -3.39. The van der Waals surface area contributed by atoms with Crippen LogP contribution in [0.4, 0.5) is 10.2 Å². The smallest absolute Gasteiger partial charge is 0.267 e. The maximum absolute atomic E-state index is 14.2. The van der Waals surface area contributed by atoms with Crippen LogP contribution in [0.3, 0.4) is 0 Å². The molecule has 8 heteroatoms. The average molecular weight is 425 g/mol. The normalized spacial score (nSPS) is 10.9. The molecule has 0 fully saturated rings. The zero-order chi connectivity index (χ0) is 21.3. The number of hydrogen-bond donors (Lipinski definition) is 1. The van der Waals surface area contributed by atoms with Crippen LogP contribution in [0.1, 0.15) is 20.8 Å². The molecule has 0 aliphatic heterocycles. The van der Waals surface area contributed by atoms with Gasteiger partial charge in [-0.1, -0.05) is 18.2 Å². The minimum Gasteiger partial charge on any atom is -0.493 e. The number of hydrogen-bond acceptors (Lipinski definition) is 5. The molecule has 0 aliphatic rings. The molecule has 2 aromatic carbocycles. The highest BCUT2D eigenvalue weighted by Crippen LogP contribution is 2.34. The minimum atomic E-state index is -0.324. The Morgan fingerprint density at radius 3 is 2.70 bits per heavy atom. The molecule has 30 heavy (non-hydrogen) atoms. The molecule has 1 N–H and O–H groups in total. The zero-order valence-corrected chi connectivity index (χ0v) is 17.5. The van der Waals surface area contributed by atoms with E-state index in [0.29, 0.717) is 39.7 Å². The largest absolute Gasteiger partial charge is 0.493 e. The van der Waals surface area contributed by atoms with Gasteiger partial charge in [-0.15, -0.1) is 11.3 Å². The Bertz CT molecular complexity index is 1230. The van der Waals surface area contributed by atoms with Gasteiger partial charge in [-0.3, -0.25) is 4.79 Å². The van der Waals surface area contributed by atoms with E-state index in [0.717, 1.165) is 10.3 Å². The maximum Gasteiger partial charge on any atom is 0.267 e. The number of halogens is 1. The third kappa shape index (κ3) is 3.50. The molecule has 1 amide bonds. The van der Waals surface area contributed by atoms with Crippen molar-refractivity contribution in [2.45, 2.75) is 13.5 Å². The molecular formula is C22H20FN3O3S. The molecule has 2 aromatic heterocycles. The molecule has 4 rings (SSSR count). The molecule has 0 spiro atoms. The first-order chi connectivity index (χ1) is 14.5. The summed E-state index contributed by atoms with van der Waals surface area (Å²) >= 11 is 1.27. The van der Waals surface area contributed by atoms with Gasteiger partial charge in [0.25, 0.3) is 5.91 Å². The fourth-order valence-electron chi connectivity index (χ4n) is 3.45. The molecule has 0 saturated heterocycles. The number of anilines is 1. The number of benzene rings is 2. The minimum absolute atomic E-state index is 0.299. The van der Waals surface area contributed by atoms with E-state index in [4.69, 9.17) is 9.47 Å². The highest BCUT2D eigenvalue weighted by molar-refractivity contribution is 7.21. The van der Waals surface area contributed by atoms with Crippen molar-refractivity contribution in [3.8, 4) is 11.5 Å². The van der Waals surface area contributed by atoms with Crippen LogP contribution in [-0.2, 0) is 6.54 Å². The van der Waals surface area contributed by atoms with Crippen LogP contribution in [0.2, 0.25) is 0 Å². The maximum atomic E-state index is 14.2. The zero-order valence-electron chi connectivity index (χ0n) is 16.7. The van der Waals surface area contributed by atoms with Crippen LogP contribution >= 0.6 is 11.3 Å². The standard InChI is InChI=1S/C22H20FN3O3S/c1-13-19-15(23)7-5-9-17(19)30-21(13)22(27)25-18-10-11-24-26(18)12-14-6-4-8-16(28-2)20(14)29-3/h4-11H,12H2,1-3H3,(H,25,27). The van der Waals surface area contributed by atoms with Gasteiger partial charge in [-0.05, 0) is 30.7 Å². The average Bonchev–Trinajstić information content (AvgIpc) is 3.32. The summed E-state index contributed by atoms with van der Waals surface area (Å²) in [5.41, 5.74) is 1.49. The number of fused-ring (bicyclic) bond motifs is 1. The number of ether oxygens (including phenoxy) is 2. The van der Waals surface area contributed by atoms with Crippen LogP contribution < -0.4 is 14.8 Å². The highest BCUT2D eigenvalue weighted by Gasteiger charge is 2.19. The number of nitrogens with one attached hydrogen (secondary N) is 1. The Labute approximate surface area is 176 Å². The van der Waals surface area contributed by atoms with Crippen molar-refractivity contribution in [1.29, 1.82) is 0 Å². The molecule has 6 nitrogen and oxygen atoms in total. The number of aromatic nitrogens is 2. The summed E-state index contributed by atoms with van der Waals surface area (Å²) in [6.45, 7) is 2.14. The predicted octanol–water partition coefficient (Wildman–Crippen LogP) is 4.86. The van der Waals surface area contributed by atoms with Crippen molar-refractivity contribution >= 4 is 33.1 Å². The Morgan fingerprint density at radius 2 is 1.97 bits per heavy atom. The van der Waals surface area contributed by atoms with E-state index in [1.54, 1.807) is 44.2 Å². The van der Waals surface area contributed by atoms with Crippen molar-refractivity contribution in [2.24, 2.45) is 0 Å². The molecule has 0 saturated carbocycles. The molecule has 0 unspecified atom stereocenters. The topological polar surface area (TPSA) is 65.4 Å². The van der Waals surface area contributed by atoms with Crippen molar-refractivity contribution in [2.75, 3.05) is 19.5 Å². The molecule has 0 atom stereocenters. The molecule has 0 bridgehead atoms. The summed E-state index contributed by atoms with van der Waals surface area (Å²) in [4.78, 5) is 13.4. The highest BCUT2D eigenvalue weighted by atomic mass is 32.1. The van der Waals surface area contributed by atoms with Crippen molar-refractivity contribution in [1.82, 2.24) is 9.78 Å². The lowest BCUT2D eigenvalue weighted by Gasteiger charge is -2.14. The van der Waals surface area contributed by atoms with E-state index >= 15 is 0 Å². The molecular weight excluding hydrogens is 405 g/mol. The summed E-state index contributed by atoms with van der Waals surface area (Å²) in [5, 5.41) is 7.70. The second-order valence-corrected chi connectivity index (χ2v) is 7.70. The fraction of sp³-hybridized carbons (Fsp3) is 0.182. The molecule has 0 aliphatic carbocycles. The van der Waals surface area contributed by atoms with Gasteiger partial charge in [0.1, 0.15) is 11.6 Å².